The summed E-state index contributed by atoms with van der Waals surface area (Å²) in [4.78, 5) is 13.4. The maximum atomic E-state index is 11.0. The Morgan fingerprint density at radius 3 is 2.40 bits per heavy atom. The Labute approximate surface area is 91.5 Å². The van der Waals surface area contributed by atoms with Crippen molar-refractivity contribution in [1.29, 1.82) is 0 Å². The molecule has 3 heteroatoms. The van der Waals surface area contributed by atoms with Crippen LogP contribution in [-0.4, -0.2) is 34.6 Å². The lowest BCUT2D eigenvalue weighted by atomic mass is 9.78. The summed E-state index contributed by atoms with van der Waals surface area (Å²) in [6, 6.07) is 0.669. The largest absolute Gasteiger partial charge is 0.481 e. The fraction of sp³-hybridized carbons (Fsp3) is 0.917. The molecule has 0 aromatic carbocycles. The average molecular weight is 211 g/mol. The summed E-state index contributed by atoms with van der Waals surface area (Å²) >= 11 is 0. The third kappa shape index (κ3) is 2.33. The second kappa shape index (κ2) is 4.12. The minimum absolute atomic E-state index is 0.0226. The summed E-state index contributed by atoms with van der Waals surface area (Å²) in [5.74, 6) is -0.635. The summed E-state index contributed by atoms with van der Waals surface area (Å²) in [5, 5.41) is 9.06. The van der Waals surface area contributed by atoms with Crippen LogP contribution in [-0.2, 0) is 4.79 Å². The van der Waals surface area contributed by atoms with E-state index in [2.05, 4.69) is 11.9 Å². The highest BCUT2D eigenvalue weighted by Gasteiger charge is 2.43. The Morgan fingerprint density at radius 1 is 1.33 bits per heavy atom. The molecule has 15 heavy (non-hydrogen) atoms. The van der Waals surface area contributed by atoms with Gasteiger partial charge in [-0.25, -0.2) is 0 Å². The summed E-state index contributed by atoms with van der Waals surface area (Å²) in [6.07, 6.45) is 8.68. The van der Waals surface area contributed by atoms with Gasteiger partial charge in [-0.2, -0.15) is 0 Å². The van der Waals surface area contributed by atoms with Crippen LogP contribution in [0.1, 0.15) is 51.4 Å². The van der Waals surface area contributed by atoms with E-state index in [1.807, 2.05) is 0 Å². The monoisotopic (exact) mass is 211 g/mol. The first kappa shape index (κ1) is 10.9. The molecule has 0 spiro atoms. The molecular formula is C12H21NO2. The molecule has 2 rings (SSSR count). The Balaban J connectivity index is 2.08. The molecule has 0 radical (unpaired) electrons. The summed E-state index contributed by atoms with van der Waals surface area (Å²) in [6.45, 7) is 0. The zero-order valence-electron chi connectivity index (χ0n) is 9.54. The Morgan fingerprint density at radius 2 is 1.93 bits per heavy atom. The minimum Gasteiger partial charge on any atom is -0.481 e. The molecule has 0 atom stereocenters. The number of hydrogen-bond donors (Lipinski definition) is 1. The van der Waals surface area contributed by atoms with Gasteiger partial charge in [-0.05, 0) is 32.7 Å². The predicted molar refractivity (Wildman–Crippen MR) is 58.9 cm³/mol. The first-order chi connectivity index (χ1) is 7.14. The molecule has 0 aliphatic heterocycles. The Bertz CT molecular complexity index is 242. The smallest absolute Gasteiger partial charge is 0.305 e. The number of rotatable bonds is 4. The van der Waals surface area contributed by atoms with E-state index in [1.165, 1.54) is 32.1 Å². The Kier molecular flexibility index (Phi) is 3.01. The van der Waals surface area contributed by atoms with Crippen LogP contribution in [0.2, 0.25) is 0 Å². The first-order valence-corrected chi connectivity index (χ1v) is 6.09. The van der Waals surface area contributed by atoms with Crippen LogP contribution in [0, 0.1) is 0 Å². The normalized spacial score (nSPS) is 25.5. The molecule has 0 saturated heterocycles. The van der Waals surface area contributed by atoms with Gasteiger partial charge in [0, 0.05) is 11.6 Å². The molecule has 2 aliphatic rings. The summed E-state index contributed by atoms with van der Waals surface area (Å²) in [7, 11) is 2.13. The second-order valence-corrected chi connectivity index (χ2v) is 5.20. The van der Waals surface area contributed by atoms with Crippen LogP contribution >= 0.6 is 0 Å². The van der Waals surface area contributed by atoms with Gasteiger partial charge in [0.25, 0.3) is 0 Å². The summed E-state index contributed by atoms with van der Waals surface area (Å²) < 4.78 is 0. The lowest BCUT2D eigenvalue weighted by Gasteiger charge is -2.44. The van der Waals surface area contributed by atoms with Crippen LogP contribution in [0.15, 0.2) is 0 Å². The second-order valence-electron chi connectivity index (χ2n) is 5.20. The first-order valence-electron chi connectivity index (χ1n) is 6.09. The van der Waals surface area contributed by atoms with Crippen molar-refractivity contribution in [2.24, 2.45) is 0 Å². The van der Waals surface area contributed by atoms with Gasteiger partial charge in [-0.3, -0.25) is 9.69 Å². The van der Waals surface area contributed by atoms with E-state index in [1.54, 1.807) is 0 Å². The van der Waals surface area contributed by atoms with Gasteiger partial charge in [0.2, 0.25) is 0 Å². The van der Waals surface area contributed by atoms with Crippen molar-refractivity contribution in [3.8, 4) is 0 Å². The fourth-order valence-corrected chi connectivity index (χ4v) is 2.99. The van der Waals surface area contributed by atoms with Crippen LogP contribution < -0.4 is 0 Å². The zero-order valence-corrected chi connectivity index (χ0v) is 9.54. The van der Waals surface area contributed by atoms with E-state index in [4.69, 9.17) is 5.11 Å². The number of carbonyl (C=O) groups is 1. The van der Waals surface area contributed by atoms with E-state index >= 15 is 0 Å². The van der Waals surface area contributed by atoms with E-state index in [0.717, 1.165) is 12.8 Å². The number of aliphatic carboxylic acids is 1. The van der Waals surface area contributed by atoms with E-state index in [9.17, 15) is 4.79 Å². The highest BCUT2D eigenvalue weighted by atomic mass is 16.4. The quantitative estimate of drug-likeness (QED) is 0.775. The average Bonchev–Trinajstić information content (AvgIpc) is 3.00. The maximum absolute atomic E-state index is 11.0. The minimum atomic E-state index is -0.635. The molecular weight excluding hydrogens is 190 g/mol. The fourth-order valence-electron chi connectivity index (χ4n) is 2.99. The van der Waals surface area contributed by atoms with E-state index in [0.29, 0.717) is 12.5 Å². The van der Waals surface area contributed by atoms with Crippen LogP contribution in [0.25, 0.3) is 0 Å². The summed E-state index contributed by atoms with van der Waals surface area (Å²) in [5.41, 5.74) is -0.0226. The van der Waals surface area contributed by atoms with Crippen LogP contribution in [0.4, 0.5) is 0 Å². The van der Waals surface area contributed by atoms with Gasteiger partial charge in [-0.1, -0.05) is 19.3 Å². The van der Waals surface area contributed by atoms with Crippen molar-refractivity contribution in [1.82, 2.24) is 4.90 Å². The predicted octanol–water partition coefficient (Wildman–Crippen LogP) is 2.26. The molecule has 2 saturated carbocycles. The van der Waals surface area contributed by atoms with Crippen molar-refractivity contribution >= 4 is 5.97 Å². The number of nitrogens with zero attached hydrogens (tertiary/aromatic N) is 1. The third-order valence-corrected chi connectivity index (χ3v) is 4.11. The highest BCUT2D eigenvalue weighted by molar-refractivity contribution is 5.68. The Hall–Kier alpha value is -0.570. The zero-order chi connectivity index (χ0) is 10.9. The van der Waals surface area contributed by atoms with E-state index in [-0.39, 0.29) is 5.54 Å². The van der Waals surface area contributed by atoms with Crippen LogP contribution in [0.5, 0.6) is 0 Å². The SMILES string of the molecule is CN(C1CC1)C1(CC(=O)O)CCCCC1. The number of hydrogen-bond acceptors (Lipinski definition) is 2. The van der Waals surface area contributed by atoms with Crippen molar-refractivity contribution < 1.29 is 9.90 Å². The molecule has 0 heterocycles. The van der Waals surface area contributed by atoms with Gasteiger partial charge in [0.15, 0.2) is 0 Å². The van der Waals surface area contributed by atoms with Crippen LogP contribution in [0.3, 0.4) is 0 Å². The molecule has 0 aromatic rings. The van der Waals surface area contributed by atoms with Gasteiger partial charge in [0.1, 0.15) is 0 Å². The molecule has 3 nitrogen and oxygen atoms in total. The molecule has 86 valence electrons. The molecule has 0 unspecified atom stereocenters. The van der Waals surface area contributed by atoms with Gasteiger partial charge < -0.3 is 5.11 Å². The molecule has 0 aromatic heterocycles. The lowest BCUT2D eigenvalue weighted by molar-refractivity contribution is -0.141. The van der Waals surface area contributed by atoms with Gasteiger partial charge >= 0.3 is 5.97 Å². The van der Waals surface area contributed by atoms with Gasteiger partial charge in [-0.15, -0.1) is 0 Å². The molecule has 0 bridgehead atoms. The van der Waals surface area contributed by atoms with Crippen molar-refractivity contribution in [3.63, 3.8) is 0 Å². The van der Waals surface area contributed by atoms with Crippen molar-refractivity contribution in [2.45, 2.75) is 62.9 Å². The molecule has 1 N–H and O–H groups in total. The standard InChI is InChI=1S/C12H21NO2/c1-13(10-5-6-10)12(9-11(14)15)7-3-2-4-8-12/h10H,2-9H2,1H3,(H,14,15). The molecule has 0 amide bonds. The number of carboxylic acid groups (broad SMARTS) is 1. The molecule has 2 fully saturated rings. The third-order valence-electron chi connectivity index (χ3n) is 4.11. The lowest BCUT2D eigenvalue weighted by Crippen LogP contribution is -2.50. The van der Waals surface area contributed by atoms with Gasteiger partial charge in [0.05, 0.1) is 6.42 Å². The molecule has 2 aliphatic carbocycles. The van der Waals surface area contributed by atoms with E-state index < -0.39 is 5.97 Å². The highest BCUT2D eigenvalue weighted by Crippen LogP contribution is 2.41. The van der Waals surface area contributed by atoms with Crippen molar-refractivity contribution in [3.05, 3.63) is 0 Å². The maximum Gasteiger partial charge on any atom is 0.305 e. The van der Waals surface area contributed by atoms with Crippen molar-refractivity contribution in [2.75, 3.05) is 7.05 Å². The number of carboxylic acids is 1. The topological polar surface area (TPSA) is 40.5 Å².